The van der Waals surface area contributed by atoms with Gasteiger partial charge in [-0.2, -0.15) is 0 Å². The van der Waals surface area contributed by atoms with Gasteiger partial charge in [0, 0.05) is 17.6 Å². The van der Waals surface area contributed by atoms with E-state index in [1.54, 1.807) is 0 Å². The third-order valence-electron chi connectivity index (χ3n) is 3.81. The van der Waals surface area contributed by atoms with Gasteiger partial charge >= 0.3 is 0 Å². The average molecular weight is 324 g/mol. The summed E-state index contributed by atoms with van der Waals surface area (Å²) in [5, 5.41) is 9.39. The SMILES string of the molecule is C[C@H](NCC(=O)N[C@@H]1CCCCNC1=O)c1ccccc1Cl. The highest BCUT2D eigenvalue weighted by atomic mass is 35.5. The first kappa shape index (κ1) is 16.8. The molecule has 0 bridgehead atoms. The van der Waals surface area contributed by atoms with E-state index in [1.165, 1.54) is 0 Å². The minimum absolute atomic E-state index is 0.0394. The van der Waals surface area contributed by atoms with Crippen LogP contribution in [0.2, 0.25) is 5.02 Å². The average Bonchev–Trinajstić information content (AvgIpc) is 2.70. The van der Waals surface area contributed by atoms with Gasteiger partial charge in [0.05, 0.1) is 6.54 Å². The minimum Gasteiger partial charge on any atom is -0.354 e. The van der Waals surface area contributed by atoms with Crippen molar-refractivity contribution in [3.63, 3.8) is 0 Å². The summed E-state index contributed by atoms with van der Waals surface area (Å²) < 4.78 is 0. The largest absolute Gasteiger partial charge is 0.354 e. The second kappa shape index (κ2) is 8.15. The molecule has 3 N–H and O–H groups in total. The monoisotopic (exact) mass is 323 g/mol. The first-order valence-corrected chi connectivity index (χ1v) is 8.00. The molecule has 5 nitrogen and oxygen atoms in total. The van der Waals surface area contributed by atoms with Crippen molar-refractivity contribution >= 4 is 23.4 Å². The molecule has 120 valence electrons. The van der Waals surface area contributed by atoms with E-state index in [9.17, 15) is 9.59 Å². The number of amides is 2. The first-order chi connectivity index (χ1) is 10.6. The van der Waals surface area contributed by atoms with Gasteiger partial charge in [-0.1, -0.05) is 29.8 Å². The Morgan fingerprint density at radius 1 is 1.41 bits per heavy atom. The van der Waals surface area contributed by atoms with E-state index in [4.69, 9.17) is 11.6 Å². The summed E-state index contributed by atoms with van der Waals surface area (Å²) in [5.41, 5.74) is 0.948. The van der Waals surface area contributed by atoms with Gasteiger partial charge < -0.3 is 16.0 Å². The molecule has 1 aromatic carbocycles. The van der Waals surface area contributed by atoms with Crippen molar-refractivity contribution < 1.29 is 9.59 Å². The number of carbonyl (C=O) groups excluding carboxylic acids is 2. The lowest BCUT2D eigenvalue weighted by Gasteiger charge is -2.18. The Labute approximate surface area is 135 Å². The van der Waals surface area contributed by atoms with E-state index in [1.807, 2.05) is 31.2 Å². The van der Waals surface area contributed by atoms with Gasteiger partial charge in [-0.05, 0) is 37.8 Å². The lowest BCUT2D eigenvalue weighted by molar-refractivity contribution is -0.128. The molecule has 2 rings (SSSR count). The summed E-state index contributed by atoms with van der Waals surface area (Å²) in [6.07, 6.45) is 2.59. The lowest BCUT2D eigenvalue weighted by atomic mass is 10.1. The highest BCUT2D eigenvalue weighted by Gasteiger charge is 2.22. The summed E-state index contributed by atoms with van der Waals surface area (Å²) in [4.78, 5) is 23.8. The van der Waals surface area contributed by atoms with E-state index < -0.39 is 6.04 Å². The Bertz CT molecular complexity index is 536. The van der Waals surface area contributed by atoms with Gasteiger partial charge in [-0.3, -0.25) is 9.59 Å². The number of carbonyl (C=O) groups is 2. The molecule has 0 aliphatic carbocycles. The molecule has 1 fully saturated rings. The highest BCUT2D eigenvalue weighted by Crippen LogP contribution is 2.21. The standard InChI is InChI=1S/C16H22ClN3O2/c1-11(12-6-2-3-7-13(12)17)19-10-15(21)20-14-8-4-5-9-18-16(14)22/h2-3,6-7,11,14,19H,4-5,8-10H2,1H3,(H,18,22)(H,20,21)/t11-,14+/m0/s1. The molecule has 6 heteroatoms. The lowest BCUT2D eigenvalue weighted by Crippen LogP contribution is -2.48. The molecule has 1 saturated heterocycles. The normalized spacial score (nSPS) is 19.9. The maximum atomic E-state index is 12.0. The van der Waals surface area contributed by atoms with Crippen LogP contribution in [-0.4, -0.2) is 30.9 Å². The van der Waals surface area contributed by atoms with Gasteiger partial charge in [0.1, 0.15) is 6.04 Å². The zero-order valence-electron chi connectivity index (χ0n) is 12.7. The van der Waals surface area contributed by atoms with Gasteiger partial charge in [0.25, 0.3) is 0 Å². The number of rotatable bonds is 5. The third kappa shape index (κ3) is 4.71. The van der Waals surface area contributed by atoms with Crippen LogP contribution < -0.4 is 16.0 Å². The maximum Gasteiger partial charge on any atom is 0.242 e. The Kier molecular flexibility index (Phi) is 6.21. The van der Waals surface area contributed by atoms with Crippen molar-refractivity contribution in [2.75, 3.05) is 13.1 Å². The molecular weight excluding hydrogens is 302 g/mol. The Morgan fingerprint density at radius 2 is 2.18 bits per heavy atom. The van der Waals surface area contributed by atoms with E-state index in [0.717, 1.165) is 18.4 Å². The Morgan fingerprint density at radius 3 is 2.95 bits per heavy atom. The maximum absolute atomic E-state index is 12.0. The molecule has 22 heavy (non-hydrogen) atoms. The summed E-state index contributed by atoms with van der Waals surface area (Å²) in [5.74, 6) is -0.272. The van der Waals surface area contributed by atoms with Gasteiger partial charge in [-0.15, -0.1) is 0 Å². The molecule has 0 saturated carbocycles. The molecule has 1 aliphatic rings. The molecule has 2 amide bonds. The summed E-state index contributed by atoms with van der Waals surface area (Å²) in [7, 11) is 0. The molecule has 1 aromatic rings. The topological polar surface area (TPSA) is 70.2 Å². The van der Waals surface area contributed by atoms with E-state index in [0.29, 0.717) is 18.0 Å². The fourth-order valence-corrected chi connectivity index (χ4v) is 2.80. The fourth-order valence-electron chi connectivity index (χ4n) is 2.50. The third-order valence-corrected chi connectivity index (χ3v) is 4.16. The van der Waals surface area contributed by atoms with Crippen molar-refractivity contribution in [1.29, 1.82) is 0 Å². The fraction of sp³-hybridized carbons (Fsp3) is 0.500. The van der Waals surface area contributed by atoms with Crippen molar-refractivity contribution in [2.24, 2.45) is 0 Å². The number of benzene rings is 1. The van der Waals surface area contributed by atoms with Gasteiger partial charge in [0.15, 0.2) is 0 Å². The van der Waals surface area contributed by atoms with Crippen LogP contribution in [0.5, 0.6) is 0 Å². The predicted molar refractivity (Wildman–Crippen MR) is 86.7 cm³/mol. The van der Waals surface area contributed by atoms with E-state index >= 15 is 0 Å². The molecule has 1 heterocycles. The van der Waals surface area contributed by atoms with Crippen LogP contribution in [0.3, 0.4) is 0 Å². The molecular formula is C16H22ClN3O2. The van der Waals surface area contributed by atoms with Crippen LogP contribution in [0.25, 0.3) is 0 Å². The zero-order chi connectivity index (χ0) is 15.9. The summed E-state index contributed by atoms with van der Waals surface area (Å²) in [6.45, 7) is 2.79. The van der Waals surface area contributed by atoms with Crippen molar-refractivity contribution in [3.8, 4) is 0 Å². The number of hydrogen-bond donors (Lipinski definition) is 3. The van der Waals surface area contributed by atoms with E-state index in [-0.39, 0.29) is 24.4 Å². The zero-order valence-corrected chi connectivity index (χ0v) is 13.5. The second-order valence-electron chi connectivity index (χ2n) is 5.53. The van der Waals surface area contributed by atoms with Crippen LogP contribution in [0.15, 0.2) is 24.3 Å². The van der Waals surface area contributed by atoms with E-state index in [2.05, 4.69) is 16.0 Å². The molecule has 2 atom stereocenters. The summed E-state index contributed by atoms with van der Waals surface area (Å²) in [6, 6.07) is 7.07. The minimum atomic E-state index is -0.424. The van der Waals surface area contributed by atoms with Crippen LogP contribution in [0, 0.1) is 0 Å². The molecule has 0 radical (unpaired) electrons. The van der Waals surface area contributed by atoms with Crippen LogP contribution in [-0.2, 0) is 9.59 Å². The first-order valence-electron chi connectivity index (χ1n) is 7.63. The van der Waals surface area contributed by atoms with Crippen molar-refractivity contribution in [1.82, 2.24) is 16.0 Å². The molecule has 1 aliphatic heterocycles. The van der Waals surface area contributed by atoms with Crippen molar-refractivity contribution in [2.45, 2.75) is 38.3 Å². The predicted octanol–water partition coefficient (Wildman–Crippen LogP) is 1.78. The number of halogens is 1. The van der Waals surface area contributed by atoms with Gasteiger partial charge in [-0.25, -0.2) is 0 Å². The van der Waals surface area contributed by atoms with Crippen LogP contribution in [0.1, 0.15) is 37.8 Å². The summed E-state index contributed by atoms with van der Waals surface area (Å²) >= 11 is 6.13. The quantitative estimate of drug-likeness (QED) is 0.773. The van der Waals surface area contributed by atoms with Gasteiger partial charge in [0.2, 0.25) is 11.8 Å². The second-order valence-corrected chi connectivity index (χ2v) is 5.94. The number of hydrogen-bond acceptors (Lipinski definition) is 3. The molecule has 0 aromatic heterocycles. The highest BCUT2D eigenvalue weighted by molar-refractivity contribution is 6.31. The Hall–Kier alpha value is -1.59. The van der Waals surface area contributed by atoms with Crippen molar-refractivity contribution in [3.05, 3.63) is 34.9 Å². The van der Waals surface area contributed by atoms with Crippen LogP contribution >= 0.6 is 11.6 Å². The molecule has 0 spiro atoms. The van der Waals surface area contributed by atoms with Crippen LogP contribution in [0.4, 0.5) is 0 Å². The molecule has 0 unspecified atom stereocenters. The Balaban J connectivity index is 1.82. The number of nitrogens with one attached hydrogen (secondary N) is 3. The smallest absolute Gasteiger partial charge is 0.242 e.